The van der Waals surface area contributed by atoms with Crippen LogP contribution in [0.25, 0.3) is 17.5 Å². The third-order valence-electron chi connectivity index (χ3n) is 3.31. The summed E-state index contributed by atoms with van der Waals surface area (Å²) in [5.41, 5.74) is 3.33. The molecular weight excluding hydrogens is 292 g/mol. The van der Waals surface area contributed by atoms with Gasteiger partial charge >= 0.3 is 0 Å². The second-order valence-electron chi connectivity index (χ2n) is 5.73. The van der Waals surface area contributed by atoms with Crippen molar-refractivity contribution in [3.8, 4) is 11.4 Å². The van der Waals surface area contributed by atoms with Gasteiger partial charge in [-0.1, -0.05) is 43.3 Å². The van der Waals surface area contributed by atoms with Gasteiger partial charge in [0.05, 0.1) is 13.2 Å². The predicted molar refractivity (Wildman–Crippen MR) is 89.9 cm³/mol. The lowest BCUT2D eigenvalue weighted by Gasteiger charge is -2.03. The van der Waals surface area contributed by atoms with Gasteiger partial charge in [0.15, 0.2) is 0 Å². The van der Waals surface area contributed by atoms with E-state index in [1.54, 1.807) is 7.11 Å². The van der Waals surface area contributed by atoms with E-state index in [-0.39, 0.29) is 0 Å². The molecule has 1 aromatic heterocycles. The van der Waals surface area contributed by atoms with E-state index in [2.05, 4.69) is 55.2 Å². The number of aryl methyl sites for hydroxylation is 1. The van der Waals surface area contributed by atoms with Crippen LogP contribution in [-0.2, 0) is 16.1 Å². The summed E-state index contributed by atoms with van der Waals surface area (Å²) < 4.78 is 15.5. The molecule has 0 aliphatic heterocycles. The van der Waals surface area contributed by atoms with Crippen molar-refractivity contribution in [2.75, 3.05) is 20.3 Å². The Hall–Kier alpha value is -1.98. The van der Waals surface area contributed by atoms with Gasteiger partial charge in [-0.05, 0) is 30.0 Å². The number of aromatic nitrogens is 2. The highest BCUT2D eigenvalue weighted by Crippen LogP contribution is 2.21. The molecule has 1 aromatic carbocycles. The van der Waals surface area contributed by atoms with E-state index < -0.39 is 0 Å². The summed E-state index contributed by atoms with van der Waals surface area (Å²) >= 11 is 0. The standard InChI is InChI=1S/C18H24N2O3/c1-13(2)5-6-15-7-8-16(11-14(15)3)18-19-17(23-20-18)12-22-10-9-21-4/h5-8,11,13H,9-10,12H2,1-4H3/b6-5-. The van der Waals surface area contributed by atoms with Gasteiger partial charge in [-0.2, -0.15) is 4.98 Å². The highest BCUT2D eigenvalue weighted by Gasteiger charge is 2.09. The van der Waals surface area contributed by atoms with Crippen LogP contribution in [0, 0.1) is 12.8 Å². The van der Waals surface area contributed by atoms with E-state index in [9.17, 15) is 0 Å². The monoisotopic (exact) mass is 316 g/mol. The maximum Gasteiger partial charge on any atom is 0.252 e. The van der Waals surface area contributed by atoms with E-state index >= 15 is 0 Å². The molecule has 23 heavy (non-hydrogen) atoms. The lowest BCUT2D eigenvalue weighted by Crippen LogP contribution is -2.01. The van der Waals surface area contributed by atoms with Crippen molar-refractivity contribution in [2.45, 2.75) is 27.4 Å². The minimum atomic E-state index is 0.296. The molecule has 0 bridgehead atoms. The van der Waals surface area contributed by atoms with Crippen LogP contribution in [-0.4, -0.2) is 30.5 Å². The minimum Gasteiger partial charge on any atom is -0.382 e. The lowest BCUT2D eigenvalue weighted by molar-refractivity contribution is 0.0494. The van der Waals surface area contributed by atoms with Crippen LogP contribution in [0.3, 0.4) is 0 Å². The van der Waals surface area contributed by atoms with E-state index in [0.717, 1.165) is 5.56 Å². The Bertz CT molecular complexity index is 647. The molecule has 0 fully saturated rings. The number of hydrogen-bond acceptors (Lipinski definition) is 5. The van der Waals surface area contributed by atoms with Crippen LogP contribution < -0.4 is 0 Å². The summed E-state index contributed by atoms with van der Waals surface area (Å²) in [5, 5.41) is 4.01. The smallest absolute Gasteiger partial charge is 0.252 e. The fraction of sp³-hybridized carbons (Fsp3) is 0.444. The molecule has 0 saturated carbocycles. The molecule has 5 nitrogen and oxygen atoms in total. The first-order valence-corrected chi connectivity index (χ1v) is 7.78. The first kappa shape index (κ1) is 17.4. The van der Waals surface area contributed by atoms with Crippen molar-refractivity contribution in [1.82, 2.24) is 10.1 Å². The molecule has 0 unspecified atom stereocenters. The van der Waals surface area contributed by atoms with E-state index in [1.807, 2.05) is 6.07 Å². The van der Waals surface area contributed by atoms with Crippen LogP contribution >= 0.6 is 0 Å². The van der Waals surface area contributed by atoms with Gasteiger partial charge in [0.1, 0.15) is 6.61 Å². The Balaban J connectivity index is 2.04. The third-order valence-corrected chi connectivity index (χ3v) is 3.31. The quantitative estimate of drug-likeness (QED) is 0.692. The molecule has 2 aromatic rings. The number of hydrogen-bond donors (Lipinski definition) is 0. The summed E-state index contributed by atoms with van der Waals surface area (Å²) in [6, 6.07) is 6.16. The van der Waals surface area contributed by atoms with E-state index in [4.69, 9.17) is 14.0 Å². The topological polar surface area (TPSA) is 57.4 Å². The summed E-state index contributed by atoms with van der Waals surface area (Å²) in [7, 11) is 1.64. The van der Waals surface area contributed by atoms with Gasteiger partial charge in [-0.15, -0.1) is 0 Å². The van der Waals surface area contributed by atoms with Gasteiger partial charge < -0.3 is 14.0 Å². The molecule has 1 heterocycles. The molecule has 0 spiro atoms. The second kappa shape index (κ2) is 8.60. The first-order chi connectivity index (χ1) is 11.1. The molecule has 0 aliphatic rings. The van der Waals surface area contributed by atoms with Crippen LogP contribution in [0.4, 0.5) is 0 Å². The molecule has 0 N–H and O–H groups in total. The first-order valence-electron chi connectivity index (χ1n) is 7.78. The van der Waals surface area contributed by atoms with Gasteiger partial charge in [0, 0.05) is 12.7 Å². The third kappa shape index (κ3) is 5.30. The van der Waals surface area contributed by atoms with Gasteiger partial charge in [-0.25, -0.2) is 0 Å². The van der Waals surface area contributed by atoms with E-state index in [1.165, 1.54) is 11.1 Å². The molecule has 0 saturated heterocycles. The number of nitrogens with zero attached hydrogens (tertiary/aromatic N) is 2. The maximum absolute atomic E-state index is 5.38. The number of ether oxygens (including phenoxy) is 2. The molecule has 0 amide bonds. The fourth-order valence-corrected chi connectivity index (χ4v) is 2.03. The van der Waals surface area contributed by atoms with E-state index in [0.29, 0.717) is 37.5 Å². The molecule has 0 aliphatic carbocycles. The molecular formula is C18H24N2O3. The SMILES string of the molecule is COCCOCc1nc(-c2ccc(/C=C\C(C)C)c(C)c2)no1. The number of benzene rings is 1. The summed E-state index contributed by atoms with van der Waals surface area (Å²) in [4.78, 5) is 4.36. The molecule has 124 valence electrons. The molecule has 2 rings (SSSR count). The Labute approximate surface area is 137 Å². The van der Waals surface area contributed by atoms with Gasteiger partial charge in [-0.3, -0.25) is 0 Å². The molecule has 5 heteroatoms. The zero-order valence-corrected chi connectivity index (χ0v) is 14.2. The Morgan fingerprint density at radius 3 is 2.78 bits per heavy atom. The van der Waals surface area contributed by atoms with Crippen molar-refractivity contribution < 1.29 is 14.0 Å². The zero-order valence-electron chi connectivity index (χ0n) is 14.2. The van der Waals surface area contributed by atoms with Gasteiger partial charge in [0.2, 0.25) is 5.82 Å². The number of rotatable bonds is 8. The second-order valence-corrected chi connectivity index (χ2v) is 5.73. The number of allylic oxidation sites excluding steroid dienone is 1. The highest BCUT2D eigenvalue weighted by molar-refractivity contribution is 5.62. The molecule has 0 atom stereocenters. The van der Waals surface area contributed by atoms with Crippen molar-refractivity contribution in [3.63, 3.8) is 0 Å². The number of methoxy groups -OCH3 is 1. The van der Waals surface area contributed by atoms with Crippen LogP contribution in [0.15, 0.2) is 28.8 Å². The van der Waals surface area contributed by atoms with Gasteiger partial charge in [0.25, 0.3) is 5.89 Å². The summed E-state index contributed by atoms with van der Waals surface area (Å²) in [6.07, 6.45) is 4.33. The summed E-state index contributed by atoms with van der Waals surface area (Å²) in [5.74, 6) is 1.59. The largest absolute Gasteiger partial charge is 0.382 e. The van der Waals surface area contributed by atoms with Crippen LogP contribution in [0.1, 0.15) is 30.9 Å². The van der Waals surface area contributed by atoms with Crippen molar-refractivity contribution in [1.29, 1.82) is 0 Å². The highest BCUT2D eigenvalue weighted by atomic mass is 16.5. The zero-order chi connectivity index (χ0) is 16.7. The normalized spacial score (nSPS) is 11.7. The van der Waals surface area contributed by atoms with Crippen molar-refractivity contribution in [2.24, 2.45) is 5.92 Å². The van der Waals surface area contributed by atoms with Crippen LogP contribution in [0.5, 0.6) is 0 Å². The minimum absolute atomic E-state index is 0.296. The Morgan fingerprint density at radius 2 is 2.09 bits per heavy atom. The lowest BCUT2D eigenvalue weighted by atomic mass is 10.0. The molecule has 0 radical (unpaired) electrons. The maximum atomic E-state index is 5.38. The predicted octanol–water partition coefficient (Wildman–Crippen LogP) is 3.88. The summed E-state index contributed by atoms with van der Waals surface area (Å²) in [6.45, 7) is 7.75. The van der Waals surface area contributed by atoms with Crippen LogP contribution in [0.2, 0.25) is 0 Å². The Kier molecular flexibility index (Phi) is 6.50. The average molecular weight is 316 g/mol. The fourth-order valence-electron chi connectivity index (χ4n) is 2.03. The Morgan fingerprint density at radius 1 is 1.26 bits per heavy atom. The van der Waals surface area contributed by atoms with Crippen molar-refractivity contribution in [3.05, 3.63) is 41.3 Å². The van der Waals surface area contributed by atoms with Crippen molar-refractivity contribution >= 4 is 6.08 Å². The average Bonchev–Trinajstić information content (AvgIpc) is 2.99.